The van der Waals surface area contributed by atoms with E-state index in [0.29, 0.717) is 19.8 Å². The molecule has 1 N–H and O–H groups in total. The molecule has 3 heteroatoms. The first-order valence-electron chi connectivity index (χ1n) is 10.8. The van der Waals surface area contributed by atoms with Gasteiger partial charge >= 0.3 is 0 Å². The molecule has 0 unspecified atom stereocenters. The van der Waals surface area contributed by atoms with Crippen molar-refractivity contribution in [3.05, 3.63) is 109 Å². The molecule has 0 atom stereocenters. The van der Waals surface area contributed by atoms with Gasteiger partial charge in [-0.1, -0.05) is 91.0 Å². The van der Waals surface area contributed by atoms with Crippen molar-refractivity contribution in [3.8, 4) is 22.6 Å². The van der Waals surface area contributed by atoms with Gasteiger partial charge in [0.05, 0.1) is 13.2 Å². The lowest BCUT2D eigenvalue weighted by Gasteiger charge is -2.17. The van der Waals surface area contributed by atoms with Crippen LogP contribution in [-0.2, 0) is 11.3 Å². The molecule has 0 aliphatic heterocycles. The van der Waals surface area contributed by atoms with Gasteiger partial charge in [0.25, 0.3) is 0 Å². The summed E-state index contributed by atoms with van der Waals surface area (Å²) in [7, 11) is 0. The van der Waals surface area contributed by atoms with Gasteiger partial charge in [0, 0.05) is 11.1 Å². The maximum Gasteiger partial charge on any atom is 0.128 e. The van der Waals surface area contributed by atoms with Crippen molar-refractivity contribution in [3.63, 3.8) is 0 Å². The lowest BCUT2D eigenvalue weighted by atomic mass is 9.92. The van der Waals surface area contributed by atoms with Crippen LogP contribution < -0.4 is 4.74 Å². The lowest BCUT2D eigenvalue weighted by Crippen LogP contribution is -2.07. The molecule has 0 aromatic heterocycles. The second-order valence-corrected chi connectivity index (χ2v) is 7.73. The standard InChI is InChI=1S/C29H24O3/c30-26-16-14-22-10-4-6-12-24(22)28(26)29-25-13-7-5-11-23(25)15-17-27(29)32-19-18-31-20-21-8-2-1-3-9-21/h1-17,30H,18-20H2. The Kier molecular flexibility index (Phi) is 5.73. The van der Waals surface area contributed by atoms with Gasteiger partial charge in [0.15, 0.2) is 0 Å². The van der Waals surface area contributed by atoms with Crippen LogP contribution in [0.3, 0.4) is 0 Å². The monoisotopic (exact) mass is 420 g/mol. The van der Waals surface area contributed by atoms with Crippen molar-refractivity contribution in [2.24, 2.45) is 0 Å². The number of benzene rings is 5. The van der Waals surface area contributed by atoms with Crippen molar-refractivity contribution in [2.45, 2.75) is 6.61 Å². The summed E-state index contributed by atoms with van der Waals surface area (Å²) in [6, 6.07) is 34.1. The Hall–Kier alpha value is -3.82. The van der Waals surface area contributed by atoms with E-state index >= 15 is 0 Å². The van der Waals surface area contributed by atoms with E-state index < -0.39 is 0 Å². The maximum atomic E-state index is 10.9. The van der Waals surface area contributed by atoms with Crippen molar-refractivity contribution in [1.82, 2.24) is 0 Å². The van der Waals surface area contributed by atoms with Crippen LogP contribution in [0.2, 0.25) is 0 Å². The number of rotatable bonds is 7. The van der Waals surface area contributed by atoms with Gasteiger partial charge in [-0.2, -0.15) is 0 Å². The van der Waals surface area contributed by atoms with Crippen molar-refractivity contribution >= 4 is 21.5 Å². The molecule has 158 valence electrons. The van der Waals surface area contributed by atoms with Crippen molar-refractivity contribution in [2.75, 3.05) is 13.2 Å². The molecule has 32 heavy (non-hydrogen) atoms. The molecular formula is C29H24O3. The quantitative estimate of drug-likeness (QED) is 0.289. The molecule has 5 aromatic carbocycles. The van der Waals surface area contributed by atoms with Gasteiger partial charge in [0.2, 0.25) is 0 Å². The van der Waals surface area contributed by atoms with E-state index in [1.54, 1.807) is 6.07 Å². The summed E-state index contributed by atoms with van der Waals surface area (Å²) < 4.78 is 12.0. The minimum absolute atomic E-state index is 0.241. The molecular weight excluding hydrogens is 396 g/mol. The smallest absolute Gasteiger partial charge is 0.128 e. The van der Waals surface area contributed by atoms with Crippen molar-refractivity contribution < 1.29 is 14.6 Å². The summed E-state index contributed by atoms with van der Waals surface area (Å²) in [5.41, 5.74) is 2.83. The van der Waals surface area contributed by atoms with Crippen LogP contribution >= 0.6 is 0 Å². The maximum absolute atomic E-state index is 10.9. The fourth-order valence-electron chi connectivity index (χ4n) is 4.13. The zero-order valence-corrected chi connectivity index (χ0v) is 17.7. The van der Waals surface area contributed by atoms with E-state index in [1.807, 2.05) is 72.8 Å². The first kappa shape index (κ1) is 20.1. The predicted molar refractivity (Wildman–Crippen MR) is 130 cm³/mol. The first-order valence-corrected chi connectivity index (χ1v) is 10.8. The number of hydrogen-bond donors (Lipinski definition) is 1. The number of phenolic OH excluding ortho intramolecular Hbond substituents is 1. The molecule has 0 spiro atoms. The van der Waals surface area contributed by atoms with Gasteiger partial charge in [-0.15, -0.1) is 0 Å². The Bertz CT molecular complexity index is 1360. The van der Waals surface area contributed by atoms with Crippen LogP contribution in [0.15, 0.2) is 103 Å². The number of hydrogen-bond acceptors (Lipinski definition) is 3. The topological polar surface area (TPSA) is 38.7 Å². The summed E-state index contributed by atoms with van der Waals surface area (Å²) in [6.07, 6.45) is 0. The third-order valence-electron chi connectivity index (χ3n) is 5.64. The number of fused-ring (bicyclic) bond motifs is 2. The van der Waals surface area contributed by atoms with Gasteiger partial charge in [-0.25, -0.2) is 0 Å². The number of aromatic hydroxyl groups is 1. The molecule has 0 bridgehead atoms. The highest BCUT2D eigenvalue weighted by atomic mass is 16.5. The highest BCUT2D eigenvalue weighted by Gasteiger charge is 2.17. The fourth-order valence-corrected chi connectivity index (χ4v) is 4.13. The second-order valence-electron chi connectivity index (χ2n) is 7.73. The van der Waals surface area contributed by atoms with E-state index in [9.17, 15) is 5.11 Å². The van der Waals surface area contributed by atoms with Gasteiger partial charge in [-0.05, 0) is 39.2 Å². The van der Waals surface area contributed by atoms with Crippen molar-refractivity contribution in [1.29, 1.82) is 0 Å². The Morgan fingerprint density at radius 2 is 1.19 bits per heavy atom. The Morgan fingerprint density at radius 1 is 0.562 bits per heavy atom. The summed E-state index contributed by atoms with van der Waals surface area (Å²) in [5.74, 6) is 0.976. The Morgan fingerprint density at radius 3 is 1.94 bits per heavy atom. The van der Waals surface area contributed by atoms with Crippen LogP contribution in [0, 0.1) is 0 Å². The molecule has 0 aliphatic rings. The molecule has 0 heterocycles. The lowest BCUT2D eigenvalue weighted by molar-refractivity contribution is 0.0891. The zero-order valence-electron chi connectivity index (χ0n) is 17.7. The van der Waals surface area contributed by atoms with Crippen LogP contribution in [0.1, 0.15) is 5.56 Å². The van der Waals surface area contributed by atoms with E-state index in [0.717, 1.165) is 44.0 Å². The third-order valence-corrected chi connectivity index (χ3v) is 5.64. The summed E-state index contributed by atoms with van der Waals surface area (Å²) in [4.78, 5) is 0. The summed E-state index contributed by atoms with van der Waals surface area (Å²) >= 11 is 0. The molecule has 0 saturated carbocycles. The van der Waals surface area contributed by atoms with E-state index in [4.69, 9.17) is 9.47 Å². The molecule has 0 fully saturated rings. The molecule has 0 saturated heterocycles. The first-order chi connectivity index (χ1) is 15.8. The normalized spacial score (nSPS) is 11.1. The SMILES string of the molecule is Oc1ccc2ccccc2c1-c1c(OCCOCc2ccccc2)ccc2ccccc12. The summed E-state index contributed by atoms with van der Waals surface area (Å²) in [5, 5.41) is 15.1. The van der Waals surface area contributed by atoms with Gasteiger partial charge < -0.3 is 14.6 Å². The largest absolute Gasteiger partial charge is 0.507 e. The molecule has 0 amide bonds. The Balaban J connectivity index is 1.48. The summed E-state index contributed by atoms with van der Waals surface area (Å²) in [6.45, 7) is 1.45. The highest BCUT2D eigenvalue weighted by molar-refractivity contribution is 6.09. The number of phenols is 1. The van der Waals surface area contributed by atoms with Crippen LogP contribution in [-0.4, -0.2) is 18.3 Å². The van der Waals surface area contributed by atoms with Crippen LogP contribution in [0.5, 0.6) is 11.5 Å². The molecule has 0 aliphatic carbocycles. The van der Waals surface area contributed by atoms with E-state index in [1.165, 1.54) is 0 Å². The average molecular weight is 421 g/mol. The Labute approximate surface area is 187 Å². The molecule has 3 nitrogen and oxygen atoms in total. The van der Waals surface area contributed by atoms with Gasteiger partial charge in [0.1, 0.15) is 18.1 Å². The predicted octanol–water partition coefficient (Wildman–Crippen LogP) is 6.96. The minimum atomic E-state index is 0.241. The average Bonchev–Trinajstić information content (AvgIpc) is 2.85. The second kappa shape index (κ2) is 9.13. The number of ether oxygens (including phenoxy) is 2. The highest BCUT2D eigenvalue weighted by Crippen LogP contribution is 2.44. The van der Waals surface area contributed by atoms with Crippen LogP contribution in [0.4, 0.5) is 0 Å². The zero-order chi connectivity index (χ0) is 21.8. The minimum Gasteiger partial charge on any atom is -0.507 e. The van der Waals surface area contributed by atoms with Gasteiger partial charge in [-0.3, -0.25) is 0 Å². The molecule has 0 radical (unpaired) electrons. The third kappa shape index (κ3) is 4.03. The molecule has 5 rings (SSSR count). The van der Waals surface area contributed by atoms with Crippen LogP contribution in [0.25, 0.3) is 32.7 Å². The molecule has 5 aromatic rings. The van der Waals surface area contributed by atoms with E-state index in [2.05, 4.69) is 24.3 Å². The fraction of sp³-hybridized carbons (Fsp3) is 0.103. The van der Waals surface area contributed by atoms with E-state index in [-0.39, 0.29) is 5.75 Å².